The van der Waals surface area contributed by atoms with Gasteiger partial charge in [0.1, 0.15) is 21.5 Å². The number of halogens is 1. The molecule has 3 aromatic carbocycles. The summed E-state index contributed by atoms with van der Waals surface area (Å²) in [5, 5.41) is 1.50. The van der Waals surface area contributed by atoms with Gasteiger partial charge in [0.05, 0.1) is 18.5 Å². The minimum Gasteiger partial charge on any atom is -0.497 e. The van der Waals surface area contributed by atoms with Gasteiger partial charge in [-0.15, -0.1) is 0 Å². The lowest BCUT2D eigenvalue weighted by atomic mass is 10.1. The number of anilines is 1. The zero-order valence-electron chi connectivity index (χ0n) is 19.4. The summed E-state index contributed by atoms with van der Waals surface area (Å²) in [6.45, 7) is 3.29. The number of amides is 1. The summed E-state index contributed by atoms with van der Waals surface area (Å²) in [6, 6.07) is 22.1. The van der Waals surface area contributed by atoms with Crippen LogP contribution in [0.1, 0.15) is 12.5 Å². The molecule has 0 N–H and O–H groups in total. The Morgan fingerprint density at radius 2 is 1.74 bits per heavy atom. The second-order valence-corrected chi connectivity index (χ2v) is 9.99. The molecule has 8 heteroatoms. The van der Waals surface area contributed by atoms with Gasteiger partial charge in [-0.25, -0.2) is 9.38 Å². The van der Waals surface area contributed by atoms with Crippen LogP contribution < -0.4 is 9.64 Å². The van der Waals surface area contributed by atoms with Crippen LogP contribution in [0.15, 0.2) is 92.6 Å². The molecule has 0 unspecified atom stereocenters. The van der Waals surface area contributed by atoms with Crippen molar-refractivity contribution >= 4 is 46.0 Å². The number of ether oxygens (including phenoxy) is 1. The maximum Gasteiger partial charge on any atom is 0.269 e. The van der Waals surface area contributed by atoms with Crippen molar-refractivity contribution in [1.82, 2.24) is 4.90 Å². The topological polar surface area (TPSA) is 45.1 Å². The maximum absolute atomic E-state index is 13.7. The van der Waals surface area contributed by atoms with E-state index in [9.17, 15) is 9.18 Å². The molecule has 1 fully saturated rings. The molecule has 0 atom stereocenters. The Morgan fingerprint density at radius 1 is 0.971 bits per heavy atom. The quantitative estimate of drug-likeness (QED) is 0.361. The van der Waals surface area contributed by atoms with Gasteiger partial charge in [0.25, 0.3) is 5.91 Å². The van der Waals surface area contributed by atoms with Crippen molar-refractivity contribution in [3.05, 3.63) is 94.1 Å². The fourth-order valence-corrected chi connectivity index (χ4v) is 6.40. The molecule has 5 rings (SSSR count). The van der Waals surface area contributed by atoms with Crippen LogP contribution in [0.25, 0.3) is 0 Å². The number of fused-ring (bicyclic) bond motifs is 1. The number of thioether (sulfide) groups is 2. The van der Waals surface area contributed by atoms with Gasteiger partial charge in [0, 0.05) is 24.1 Å². The number of carbonyl (C=O) groups is 1. The molecule has 3 aromatic rings. The molecule has 0 aromatic heterocycles. The van der Waals surface area contributed by atoms with Gasteiger partial charge in [-0.2, -0.15) is 0 Å². The van der Waals surface area contributed by atoms with Crippen molar-refractivity contribution in [2.45, 2.75) is 18.2 Å². The standard InChI is InChI=1S/C27H24FN3O2S2/c1-3-30-22-17-21(33-2)13-14-23(22)34-26(30)24-25(32)31(16-15-18-7-5-4-6-8-18)27(35-24)29-20-11-9-19(28)10-12-20/h4-14,17H,3,15-16H2,1-2H3. The molecule has 35 heavy (non-hydrogen) atoms. The van der Waals surface area contributed by atoms with E-state index in [2.05, 4.69) is 24.0 Å². The average Bonchev–Trinajstić information content (AvgIpc) is 3.40. The smallest absolute Gasteiger partial charge is 0.269 e. The van der Waals surface area contributed by atoms with Crippen molar-refractivity contribution in [2.75, 3.05) is 25.1 Å². The fraction of sp³-hybridized carbons (Fsp3) is 0.185. The highest BCUT2D eigenvalue weighted by atomic mass is 32.2. The van der Waals surface area contributed by atoms with Crippen LogP contribution in [0.3, 0.4) is 0 Å². The number of methoxy groups -OCH3 is 1. The van der Waals surface area contributed by atoms with Gasteiger partial charge >= 0.3 is 0 Å². The number of amidine groups is 1. The highest BCUT2D eigenvalue weighted by Gasteiger charge is 2.39. The molecule has 1 amide bonds. The zero-order chi connectivity index (χ0) is 24.4. The number of hydrogen-bond donors (Lipinski definition) is 0. The van der Waals surface area contributed by atoms with Crippen LogP contribution in [0.2, 0.25) is 0 Å². The first-order valence-corrected chi connectivity index (χ1v) is 13.0. The minimum absolute atomic E-state index is 0.0625. The minimum atomic E-state index is -0.318. The Hall–Kier alpha value is -3.23. The van der Waals surface area contributed by atoms with Gasteiger partial charge < -0.3 is 9.64 Å². The number of rotatable bonds is 6. The number of hydrogen-bond acceptors (Lipinski definition) is 6. The number of nitrogens with zero attached hydrogens (tertiary/aromatic N) is 3. The Balaban J connectivity index is 1.51. The first-order valence-electron chi connectivity index (χ1n) is 11.3. The molecule has 0 bridgehead atoms. The lowest BCUT2D eigenvalue weighted by Gasteiger charge is -2.19. The van der Waals surface area contributed by atoms with E-state index in [4.69, 9.17) is 9.73 Å². The molecule has 5 nitrogen and oxygen atoms in total. The number of carbonyl (C=O) groups excluding carboxylic acids is 1. The molecular formula is C27H24FN3O2S2. The predicted molar refractivity (Wildman–Crippen MR) is 142 cm³/mol. The molecule has 2 heterocycles. The summed E-state index contributed by atoms with van der Waals surface area (Å²) < 4.78 is 18.9. The summed E-state index contributed by atoms with van der Waals surface area (Å²) in [5.41, 5.74) is 2.79. The number of benzene rings is 3. The van der Waals surface area contributed by atoms with Crippen molar-refractivity contribution in [3.8, 4) is 5.75 Å². The van der Waals surface area contributed by atoms with E-state index in [-0.39, 0.29) is 11.7 Å². The predicted octanol–water partition coefficient (Wildman–Crippen LogP) is 6.44. The van der Waals surface area contributed by atoms with E-state index in [1.165, 1.54) is 23.9 Å². The normalized spacial score (nSPS) is 18.5. The van der Waals surface area contributed by atoms with Crippen LogP contribution in [0.4, 0.5) is 15.8 Å². The summed E-state index contributed by atoms with van der Waals surface area (Å²) in [6.07, 6.45) is 0.709. The molecular weight excluding hydrogens is 481 g/mol. The van der Waals surface area contributed by atoms with E-state index in [1.54, 1.807) is 35.9 Å². The van der Waals surface area contributed by atoms with E-state index in [1.807, 2.05) is 36.4 Å². The highest BCUT2D eigenvalue weighted by molar-refractivity contribution is 8.19. The van der Waals surface area contributed by atoms with Gasteiger partial charge in [-0.1, -0.05) is 42.1 Å². The van der Waals surface area contributed by atoms with E-state index < -0.39 is 0 Å². The third kappa shape index (κ3) is 4.81. The lowest BCUT2D eigenvalue weighted by molar-refractivity contribution is -0.122. The summed E-state index contributed by atoms with van der Waals surface area (Å²) in [7, 11) is 1.65. The van der Waals surface area contributed by atoms with Crippen molar-refractivity contribution in [1.29, 1.82) is 0 Å². The summed E-state index contributed by atoms with van der Waals surface area (Å²) >= 11 is 2.97. The monoisotopic (exact) mass is 505 g/mol. The SMILES string of the molecule is CCN1C(=C2SC(=Nc3ccc(F)cc3)N(CCc3ccccc3)C2=O)Sc2ccc(OC)cc21. The molecule has 0 spiro atoms. The van der Waals surface area contributed by atoms with Crippen LogP contribution in [0, 0.1) is 5.82 Å². The van der Waals surface area contributed by atoms with Crippen molar-refractivity contribution in [2.24, 2.45) is 4.99 Å². The molecule has 1 saturated heterocycles. The summed E-state index contributed by atoms with van der Waals surface area (Å²) in [5.74, 6) is 0.400. The lowest BCUT2D eigenvalue weighted by Crippen LogP contribution is -2.32. The Kier molecular flexibility index (Phi) is 6.83. The molecule has 2 aliphatic rings. The van der Waals surface area contributed by atoms with Crippen LogP contribution in [-0.2, 0) is 11.2 Å². The number of aliphatic imine (C=N–C) groups is 1. The van der Waals surface area contributed by atoms with Crippen molar-refractivity contribution < 1.29 is 13.9 Å². The third-order valence-electron chi connectivity index (χ3n) is 5.80. The zero-order valence-corrected chi connectivity index (χ0v) is 21.0. The van der Waals surface area contributed by atoms with Gasteiger partial charge in [0.2, 0.25) is 0 Å². The molecule has 0 radical (unpaired) electrons. The molecule has 0 aliphatic carbocycles. The molecule has 2 aliphatic heterocycles. The Bertz CT molecular complexity index is 1310. The third-order valence-corrected chi connectivity index (χ3v) is 8.18. The second kappa shape index (κ2) is 10.2. The highest BCUT2D eigenvalue weighted by Crippen LogP contribution is 2.51. The fourth-order valence-electron chi connectivity index (χ4n) is 4.00. The molecule has 0 saturated carbocycles. The van der Waals surface area contributed by atoms with Crippen LogP contribution in [-0.4, -0.2) is 36.2 Å². The van der Waals surface area contributed by atoms with E-state index in [0.29, 0.717) is 35.3 Å². The van der Waals surface area contributed by atoms with E-state index >= 15 is 0 Å². The van der Waals surface area contributed by atoms with Gasteiger partial charge in [-0.3, -0.25) is 9.69 Å². The van der Waals surface area contributed by atoms with Crippen LogP contribution >= 0.6 is 23.5 Å². The Morgan fingerprint density at radius 3 is 2.46 bits per heavy atom. The second-order valence-electron chi connectivity index (χ2n) is 7.98. The van der Waals surface area contributed by atoms with Crippen LogP contribution in [0.5, 0.6) is 5.75 Å². The van der Waals surface area contributed by atoms with E-state index in [0.717, 1.165) is 26.9 Å². The van der Waals surface area contributed by atoms with Gasteiger partial charge in [-0.05, 0) is 67.1 Å². The molecule has 178 valence electrons. The largest absolute Gasteiger partial charge is 0.497 e. The first-order chi connectivity index (χ1) is 17.1. The summed E-state index contributed by atoms with van der Waals surface area (Å²) in [4.78, 5) is 24.1. The Labute approximate surface area is 212 Å². The van der Waals surface area contributed by atoms with Gasteiger partial charge in [0.15, 0.2) is 5.17 Å². The maximum atomic E-state index is 13.7. The average molecular weight is 506 g/mol. The van der Waals surface area contributed by atoms with Crippen molar-refractivity contribution in [3.63, 3.8) is 0 Å². The first kappa shape index (κ1) is 23.5.